The van der Waals surface area contributed by atoms with Gasteiger partial charge < -0.3 is 14.8 Å². The number of para-hydroxylation sites is 1. The molecular formula is C20H21N3O3. The zero-order valence-electron chi connectivity index (χ0n) is 14.5. The van der Waals surface area contributed by atoms with Crippen LogP contribution in [0.3, 0.4) is 0 Å². The summed E-state index contributed by atoms with van der Waals surface area (Å²) in [5.41, 5.74) is 1.65. The maximum atomic E-state index is 12.8. The number of carbonyl (C=O) groups excluding carboxylic acids is 3. The topological polar surface area (TPSA) is 71.4 Å². The Balaban J connectivity index is 1.40. The van der Waals surface area contributed by atoms with Crippen LogP contribution in [-0.2, 0) is 16.1 Å². The van der Waals surface area contributed by atoms with Crippen molar-refractivity contribution in [3.63, 3.8) is 0 Å². The highest BCUT2D eigenvalue weighted by Crippen LogP contribution is 2.35. The summed E-state index contributed by atoms with van der Waals surface area (Å²) in [6, 6.07) is 7.77. The van der Waals surface area contributed by atoms with Crippen LogP contribution in [0.25, 0.3) is 10.9 Å². The van der Waals surface area contributed by atoms with E-state index in [9.17, 15) is 14.4 Å². The first-order valence-electron chi connectivity index (χ1n) is 9.29. The van der Waals surface area contributed by atoms with Gasteiger partial charge in [-0.1, -0.05) is 18.2 Å². The first-order chi connectivity index (χ1) is 12.6. The summed E-state index contributed by atoms with van der Waals surface area (Å²) in [4.78, 5) is 39.0. The van der Waals surface area contributed by atoms with E-state index in [1.54, 1.807) is 4.90 Å². The Labute approximate surface area is 151 Å². The second-order valence-corrected chi connectivity index (χ2v) is 7.74. The number of amides is 2. The normalized spacial score (nSPS) is 24.8. The van der Waals surface area contributed by atoms with E-state index >= 15 is 0 Å². The van der Waals surface area contributed by atoms with E-state index in [1.165, 1.54) is 0 Å². The van der Waals surface area contributed by atoms with Gasteiger partial charge in [0.15, 0.2) is 5.78 Å². The summed E-state index contributed by atoms with van der Waals surface area (Å²) < 4.78 is 1.89. The summed E-state index contributed by atoms with van der Waals surface area (Å²) in [6.07, 6.45) is 3.78. The summed E-state index contributed by atoms with van der Waals surface area (Å²) in [5, 5.41) is 3.79. The van der Waals surface area contributed by atoms with Gasteiger partial charge in [0.1, 0.15) is 6.54 Å². The summed E-state index contributed by atoms with van der Waals surface area (Å²) in [6.45, 7) is 2.01. The molecule has 3 fully saturated rings. The number of ketones is 1. The van der Waals surface area contributed by atoms with Crippen molar-refractivity contribution in [2.45, 2.75) is 19.4 Å². The lowest BCUT2D eigenvalue weighted by Gasteiger charge is -2.18. The molecule has 134 valence electrons. The Kier molecular flexibility index (Phi) is 3.42. The minimum atomic E-state index is -0.0626. The SMILES string of the molecule is O=C(c1cn(CC(=O)N2C[C@@H]3CNC(=O)[C@@H]3C2)c2ccccc12)C1CC1. The van der Waals surface area contributed by atoms with Crippen LogP contribution in [0.5, 0.6) is 0 Å². The summed E-state index contributed by atoms with van der Waals surface area (Å²) in [7, 11) is 0. The number of aromatic nitrogens is 1. The van der Waals surface area contributed by atoms with Crippen LogP contribution in [0.4, 0.5) is 0 Å². The lowest BCUT2D eigenvalue weighted by atomic mass is 10.0. The van der Waals surface area contributed by atoms with Crippen LogP contribution in [0, 0.1) is 17.8 Å². The molecule has 0 radical (unpaired) electrons. The van der Waals surface area contributed by atoms with Crippen molar-refractivity contribution >= 4 is 28.5 Å². The van der Waals surface area contributed by atoms with Gasteiger partial charge in [-0.25, -0.2) is 0 Å². The average Bonchev–Trinajstić information content (AvgIpc) is 3.18. The first kappa shape index (κ1) is 15.6. The quantitative estimate of drug-likeness (QED) is 0.848. The molecule has 2 atom stereocenters. The molecule has 6 heteroatoms. The first-order valence-corrected chi connectivity index (χ1v) is 9.29. The third-order valence-corrected chi connectivity index (χ3v) is 5.98. The molecule has 26 heavy (non-hydrogen) atoms. The molecule has 2 aliphatic heterocycles. The van der Waals surface area contributed by atoms with Crippen LogP contribution >= 0.6 is 0 Å². The fraction of sp³-hybridized carbons (Fsp3) is 0.450. The Hall–Kier alpha value is -2.63. The molecule has 1 N–H and O–H groups in total. The lowest BCUT2D eigenvalue weighted by Crippen LogP contribution is -2.35. The highest BCUT2D eigenvalue weighted by molar-refractivity contribution is 6.10. The number of Topliss-reactive ketones (excluding diaryl/α,β-unsaturated/α-hetero) is 1. The molecule has 1 aromatic heterocycles. The molecule has 1 aromatic carbocycles. The third kappa shape index (κ3) is 2.43. The molecule has 6 nitrogen and oxygen atoms in total. The van der Waals surface area contributed by atoms with E-state index < -0.39 is 0 Å². The molecule has 1 saturated carbocycles. The van der Waals surface area contributed by atoms with Crippen molar-refractivity contribution < 1.29 is 14.4 Å². The van der Waals surface area contributed by atoms with Crippen molar-refractivity contribution in [3.05, 3.63) is 36.0 Å². The molecule has 2 amide bonds. The second kappa shape index (κ2) is 5.69. The van der Waals surface area contributed by atoms with Gasteiger partial charge in [-0.2, -0.15) is 0 Å². The van der Waals surface area contributed by atoms with Gasteiger partial charge >= 0.3 is 0 Å². The molecule has 1 aliphatic carbocycles. The van der Waals surface area contributed by atoms with E-state index in [2.05, 4.69) is 5.32 Å². The van der Waals surface area contributed by atoms with Crippen molar-refractivity contribution in [3.8, 4) is 0 Å². The standard InChI is InChI=1S/C20H21N3O3/c24-18(23-8-13-7-21-20(26)15(13)9-23)11-22-10-16(19(25)12-5-6-12)14-3-1-2-4-17(14)22/h1-4,10,12-13,15H,5-9,11H2,(H,21,26)/t13-,15+/m0/s1. The highest BCUT2D eigenvalue weighted by Gasteiger charge is 2.43. The van der Waals surface area contributed by atoms with Gasteiger partial charge in [-0.3, -0.25) is 14.4 Å². The largest absolute Gasteiger partial charge is 0.355 e. The van der Waals surface area contributed by atoms with Crippen molar-refractivity contribution in [2.24, 2.45) is 17.8 Å². The van der Waals surface area contributed by atoms with E-state index in [1.807, 2.05) is 35.0 Å². The van der Waals surface area contributed by atoms with E-state index in [0.717, 1.165) is 29.3 Å². The van der Waals surface area contributed by atoms with Crippen molar-refractivity contribution in [1.82, 2.24) is 14.8 Å². The number of hydrogen-bond donors (Lipinski definition) is 1. The van der Waals surface area contributed by atoms with Gasteiger partial charge in [0.25, 0.3) is 0 Å². The molecule has 0 spiro atoms. The van der Waals surface area contributed by atoms with Crippen LogP contribution in [-0.4, -0.2) is 46.7 Å². The van der Waals surface area contributed by atoms with Gasteiger partial charge in [-0.05, 0) is 18.9 Å². The number of likely N-dealkylation sites (tertiary alicyclic amines) is 1. The number of hydrogen-bond acceptors (Lipinski definition) is 3. The molecule has 3 aliphatic rings. The van der Waals surface area contributed by atoms with Crippen LogP contribution < -0.4 is 5.32 Å². The van der Waals surface area contributed by atoms with Crippen LogP contribution in [0.2, 0.25) is 0 Å². The predicted molar refractivity (Wildman–Crippen MR) is 95.6 cm³/mol. The van der Waals surface area contributed by atoms with E-state index in [4.69, 9.17) is 0 Å². The van der Waals surface area contributed by atoms with Gasteiger partial charge in [0.2, 0.25) is 11.8 Å². The van der Waals surface area contributed by atoms with Gasteiger partial charge in [0, 0.05) is 54.1 Å². The summed E-state index contributed by atoms with van der Waals surface area (Å²) >= 11 is 0. The predicted octanol–water partition coefficient (Wildman–Crippen LogP) is 1.44. The molecule has 3 heterocycles. The van der Waals surface area contributed by atoms with Gasteiger partial charge in [-0.15, -0.1) is 0 Å². The number of rotatable bonds is 4. The minimum Gasteiger partial charge on any atom is -0.355 e. The molecule has 0 bridgehead atoms. The minimum absolute atomic E-state index is 0.0124. The van der Waals surface area contributed by atoms with Crippen LogP contribution in [0.15, 0.2) is 30.5 Å². The maximum absolute atomic E-state index is 12.8. The smallest absolute Gasteiger partial charge is 0.242 e. The molecule has 2 aromatic rings. The molecule has 0 unspecified atom stereocenters. The van der Waals surface area contributed by atoms with Crippen LogP contribution in [0.1, 0.15) is 23.2 Å². The average molecular weight is 351 g/mol. The van der Waals surface area contributed by atoms with E-state index in [-0.39, 0.29) is 41.9 Å². The monoisotopic (exact) mass is 351 g/mol. The van der Waals surface area contributed by atoms with Crippen molar-refractivity contribution in [2.75, 3.05) is 19.6 Å². The Morgan fingerprint density at radius 3 is 2.73 bits per heavy atom. The Bertz CT molecular complexity index is 928. The third-order valence-electron chi connectivity index (χ3n) is 5.98. The number of fused-ring (bicyclic) bond motifs is 2. The molecular weight excluding hydrogens is 330 g/mol. The summed E-state index contributed by atoms with van der Waals surface area (Å²) in [5.74, 6) is 0.598. The highest BCUT2D eigenvalue weighted by atomic mass is 16.2. The number of carbonyl (C=O) groups is 3. The second-order valence-electron chi connectivity index (χ2n) is 7.74. The molecule has 2 saturated heterocycles. The zero-order chi connectivity index (χ0) is 17.8. The fourth-order valence-electron chi connectivity index (χ4n) is 4.33. The van der Waals surface area contributed by atoms with Crippen molar-refractivity contribution in [1.29, 1.82) is 0 Å². The number of benzene rings is 1. The zero-order valence-corrected chi connectivity index (χ0v) is 14.5. The number of nitrogens with one attached hydrogen (secondary N) is 1. The maximum Gasteiger partial charge on any atom is 0.242 e. The number of nitrogens with zero attached hydrogens (tertiary/aromatic N) is 2. The Morgan fingerprint density at radius 2 is 1.96 bits per heavy atom. The Morgan fingerprint density at radius 1 is 1.15 bits per heavy atom. The lowest BCUT2D eigenvalue weighted by molar-refractivity contribution is -0.131. The molecule has 5 rings (SSSR count). The fourth-order valence-corrected chi connectivity index (χ4v) is 4.33. The van der Waals surface area contributed by atoms with Gasteiger partial charge in [0.05, 0.1) is 5.92 Å². The van der Waals surface area contributed by atoms with E-state index in [0.29, 0.717) is 19.6 Å².